The van der Waals surface area contributed by atoms with Gasteiger partial charge in [-0.05, 0) is 42.3 Å². The molecule has 1 aliphatic rings. The van der Waals surface area contributed by atoms with E-state index in [4.69, 9.17) is 11.6 Å². The molecule has 0 atom stereocenters. The minimum Gasteiger partial charge on any atom is -0.313 e. The van der Waals surface area contributed by atoms with Gasteiger partial charge in [-0.25, -0.2) is 0 Å². The summed E-state index contributed by atoms with van der Waals surface area (Å²) in [6, 6.07) is 12.1. The maximum atomic E-state index is 5.90. The summed E-state index contributed by atoms with van der Waals surface area (Å²) in [5, 5.41) is 4.07. The van der Waals surface area contributed by atoms with E-state index in [1.807, 2.05) is 30.5 Å². The average Bonchev–Trinajstić information content (AvgIpc) is 2.49. The lowest BCUT2D eigenvalue weighted by atomic mass is 10.0. The first-order chi connectivity index (χ1) is 9.33. The first kappa shape index (κ1) is 12.4. The molecule has 2 heterocycles. The van der Waals surface area contributed by atoms with Crippen molar-refractivity contribution in [3.8, 4) is 11.1 Å². The highest BCUT2D eigenvalue weighted by Gasteiger charge is 2.07. The third kappa shape index (κ3) is 2.86. The van der Waals surface area contributed by atoms with Gasteiger partial charge in [0.25, 0.3) is 0 Å². The molecule has 1 aromatic heterocycles. The summed E-state index contributed by atoms with van der Waals surface area (Å²) in [7, 11) is 0. The highest BCUT2D eigenvalue weighted by Crippen LogP contribution is 2.23. The highest BCUT2D eigenvalue weighted by molar-refractivity contribution is 6.30. The second-order valence-corrected chi connectivity index (χ2v) is 5.06. The molecule has 0 spiro atoms. The summed E-state index contributed by atoms with van der Waals surface area (Å²) < 4.78 is 0. The van der Waals surface area contributed by atoms with Crippen LogP contribution in [0.5, 0.6) is 0 Å². The van der Waals surface area contributed by atoms with E-state index in [0.717, 1.165) is 41.4 Å². The Morgan fingerprint density at radius 3 is 2.42 bits per heavy atom. The van der Waals surface area contributed by atoms with E-state index in [1.165, 1.54) is 5.57 Å². The Bertz CT molecular complexity index is 585. The van der Waals surface area contributed by atoms with Crippen LogP contribution in [0, 0.1) is 0 Å². The van der Waals surface area contributed by atoms with Crippen LogP contribution >= 0.6 is 11.6 Å². The maximum Gasteiger partial charge on any atom is 0.0659 e. The molecule has 0 bridgehead atoms. The molecule has 0 unspecified atom stereocenters. The predicted octanol–water partition coefficient (Wildman–Crippen LogP) is 3.78. The van der Waals surface area contributed by atoms with Gasteiger partial charge in [0.15, 0.2) is 0 Å². The van der Waals surface area contributed by atoms with Crippen molar-refractivity contribution in [3.63, 3.8) is 0 Å². The van der Waals surface area contributed by atoms with E-state index >= 15 is 0 Å². The van der Waals surface area contributed by atoms with E-state index in [0.29, 0.717) is 0 Å². The van der Waals surface area contributed by atoms with Crippen LogP contribution in [-0.4, -0.2) is 18.1 Å². The Morgan fingerprint density at radius 2 is 1.79 bits per heavy atom. The number of rotatable bonds is 2. The summed E-state index contributed by atoms with van der Waals surface area (Å²) >= 11 is 5.90. The zero-order chi connectivity index (χ0) is 13.1. The molecule has 0 radical (unpaired) electrons. The molecule has 19 heavy (non-hydrogen) atoms. The Labute approximate surface area is 118 Å². The molecule has 0 amide bonds. The smallest absolute Gasteiger partial charge is 0.0659 e. The van der Waals surface area contributed by atoms with Crippen LogP contribution in [0.15, 0.2) is 48.7 Å². The zero-order valence-electron chi connectivity index (χ0n) is 10.6. The van der Waals surface area contributed by atoms with Gasteiger partial charge < -0.3 is 5.32 Å². The van der Waals surface area contributed by atoms with Crippen molar-refractivity contribution in [2.75, 3.05) is 13.1 Å². The predicted molar refractivity (Wildman–Crippen MR) is 80.1 cm³/mol. The largest absolute Gasteiger partial charge is 0.313 e. The molecule has 0 saturated heterocycles. The fraction of sp³-hybridized carbons (Fsp3) is 0.188. The van der Waals surface area contributed by atoms with Gasteiger partial charge in [0.1, 0.15) is 0 Å². The second kappa shape index (κ2) is 5.55. The van der Waals surface area contributed by atoms with Crippen molar-refractivity contribution in [1.29, 1.82) is 0 Å². The first-order valence-corrected chi connectivity index (χ1v) is 6.83. The van der Waals surface area contributed by atoms with Crippen molar-refractivity contribution < 1.29 is 0 Å². The molecule has 0 fully saturated rings. The van der Waals surface area contributed by atoms with E-state index in [1.54, 1.807) is 0 Å². The number of halogens is 1. The van der Waals surface area contributed by atoms with Crippen LogP contribution in [0.25, 0.3) is 16.7 Å². The normalized spacial score (nSPS) is 15.1. The van der Waals surface area contributed by atoms with E-state index in [-0.39, 0.29) is 0 Å². The van der Waals surface area contributed by atoms with Gasteiger partial charge in [-0.1, -0.05) is 35.9 Å². The molecule has 3 rings (SSSR count). The van der Waals surface area contributed by atoms with Gasteiger partial charge in [0.2, 0.25) is 0 Å². The van der Waals surface area contributed by atoms with E-state index < -0.39 is 0 Å². The number of aromatic nitrogens is 1. The van der Waals surface area contributed by atoms with Crippen LogP contribution < -0.4 is 5.32 Å². The van der Waals surface area contributed by atoms with Crippen LogP contribution in [0.1, 0.15) is 12.1 Å². The van der Waals surface area contributed by atoms with Crippen molar-refractivity contribution in [2.45, 2.75) is 6.42 Å². The highest BCUT2D eigenvalue weighted by atomic mass is 35.5. The van der Waals surface area contributed by atoms with Gasteiger partial charge in [-0.3, -0.25) is 4.98 Å². The molecule has 1 aliphatic heterocycles. The summed E-state index contributed by atoms with van der Waals surface area (Å²) in [5.74, 6) is 0. The van der Waals surface area contributed by atoms with E-state index in [2.05, 4.69) is 28.5 Å². The summed E-state index contributed by atoms with van der Waals surface area (Å²) in [6.45, 7) is 1.97. The van der Waals surface area contributed by atoms with Crippen molar-refractivity contribution in [2.24, 2.45) is 0 Å². The lowest BCUT2D eigenvalue weighted by Crippen LogP contribution is -2.20. The number of nitrogens with one attached hydrogen (secondary N) is 1. The van der Waals surface area contributed by atoms with Crippen molar-refractivity contribution in [3.05, 3.63) is 59.4 Å². The number of pyridine rings is 1. The molecule has 96 valence electrons. The van der Waals surface area contributed by atoms with Gasteiger partial charge in [0, 0.05) is 23.3 Å². The van der Waals surface area contributed by atoms with Crippen LogP contribution in [0.3, 0.4) is 0 Å². The molecule has 1 aromatic carbocycles. The third-order valence-corrected chi connectivity index (χ3v) is 3.59. The fourth-order valence-electron chi connectivity index (χ4n) is 2.25. The van der Waals surface area contributed by atoms with Gasteiger partial charge in [0.05, 0.1) is 5.69 Å². The SMILES string of the molecule is Clc1ccc(-c2ccc(C3=CCNCC3)nc2)cc1. The molecule has 0 aliphatic carbocycles. The molecular weight excluding hydrogens is 256 g/mol. The Hall–Kier alpha value is -1.64. The minimum atomic E-state index is 0.758. The first-order valence-electron chi connectivity index (χ1n) is 6.45. The molecule has 2 aromatic rings. The number of nitrogens with zero attached hydrogens (tertiary/aromatic N) is 1. The monoisotopic (exact) mass is 270 g/mol. The lowest BCUT2D eigenvalue weighted by Gasteiger charge is -2.13. The summed E-state index contributed by atoms with van der Waals surface area (Å²) in [6.07, 6.45) is 5.20. The fourth-order valence-corrected chi connectivity index (χ4v) is 2.38. The quantitative estimate of drug-likeness (QED) is 0.898. The average molecular weight is 271 g/mol. The lowest BCUT2D eigenvalue weighted by molar-refractivity contribution is 0.737. The Balaban J connectivity index is 1.86. The van der Waals surface area contributed by atoms with Gasteiger partial charge in [-0.15, -0.1) is 0 Å². The molecular formula is C16H15ClN2. The van der Waals surface area contributed by atoms with Crippen LogP contribution in [0.4, 0.5) is 0 Å². The standard InChI is InChI=1S/C16H15ClN2/c17-15-4-1-12(2-5-15)14-3-6-16(19-11-14)13-7-9-18-10-8-13/h1-7,11,18H,8-10H2. The third-order valence-electron chi connectivity index (χ3n) is 3.33. The molecule has 1 N–H and O–H groups in total. The number of benzene rings is 1. The number of hydrogen-bond donors (Lipinski definition) is 1. The van der Waals surface area contributed by atoms with Crippen molar-refractivity contribution >= 4 is 17.2 Å². The summed E-state index contributed by atoms with van der Waals surface area (Å²) in [5.41, 5.74) is 4.68. The van der Waals surface area contributed by atoms with Crippen LogP contribution in [-0.2, 0) is 0 Å². The van der Waals surface area contributed by atoms with Crippen molar-refractivity contribution in [1.82, 2.24) is 10.3 Å². The minimum absolute atomic E-state index is 0.758. The van der Waals surface area contributed by atoms with Crippen LogP contribution in [0.2, 0.25) is 5.02 Å². The second-order valence-electron chi connectivity index (χ2n) is 4.62. The Morgan fingerprint density at radius 1 is 1.00 bits per heavy atom. The summed E-state index contributed by atoms with van der Waals surface area (Å²) in [4.78, 5) is 4.57. The molecule has 0 saturated carbocycles. The number of hydrogen-bond acceptors (Lipinski definition) is 2. The Kier molecular flexibility index (Phi) is 3.62. The van der Waals surface area contributed by atoms with E-state index in [9.17, 15) is 0 Å². The molecule has 2 nitrogen and oxygen atoms in total. The maximum absolute atomic E-state index is 5.90. The zero-order valence-corrected chi connectivity index (χ0v) is 11.3. The molecule has 3 heteroatoms. The topological polar surface area (TPSA) is 24.9 Å². The van der Waals surface area contributed by atoms with Gasteiger partial charge >= 0.3 is 0 Å². The van der Waals surface area contributed by atoms with Gasteiger partial charge in [-0.2, -0.15) is 0 Å².